The molecule has 1 aromatic rings. The standard InChI is InChI=1S/C21H29N3O4S/c25-19(7-8-24-20(26)15-4-1-2-5-16(15)21(24)27)22-14-17(18-6-3-13-29-18)23-9-11-28-12-10-23/h3,6,13,15-17H,1-2,4-5,7-12,14H2,(H,22,25)/t15-,16+,17-/m1/s1. The number of fused-ring (bicyclic) bond motifs is 1. The highest BCUT2D eigenvalue weighted by atomic mass is 32.1. The largest absolute Gasteiger partial charge is 0.379 e. The molecule has 3 fully saturated rings. The minimum Gasteiger partial charge on any atom is -0.379 e. The average molecular weight is 420 g/mol. The van der Waals surface area contributed by atoms with Crippen LogP contribution in [0, 0.1) is 11.8 Å². The summed E-state index contributed by atoms with van der Waals surface area (Å²) < 4.78 is 5.45. The van der Waals surface area contributed by atoms with Crippen LogP contribution in [0.1, 0.15) is 43.0 Å². The Kier molecular flexibility index (Phi) is 6.62. The van der Waals surface area contributed by atoms with Gasteiger partial charge < -0.3 is 10.1 Å². The SMILES string of the molecule is O=C(CCN1C(=O)[C@H]2CCCC[C@H]2C1=O)NC[C@H](c1cccs1)N1CCOCC1. The monoisotopic (exact) mass is 419 g/mol. The number of carbonyl (C=O) groups excluding carboxylic acids is 3. The highest BCUT2D eigenvalue weighted by Gasteiger charge is 2.47. The van der Waals surface area contributed by atoms with Crippen molar-refractivity contribution in [3.8, 4) is 0 Å². The molecule has 158 valence electrons. The van der Waals surface area contributed by atoms with Gasteiger partial charge in [-0.05, 0) is 24.3 Å². The molecule has 3 aliphatic rings. The highest BCUT2D eigenvalue weighted by Crippen LogP contribution is 2.38. The van der Waals surface area contributed by atoms with Crippen LogP contribution >= 0.6 is 11.3 Å². The Hall–Kier alpha value is -1.77. The Morgan fingerprint density at radius 2 is 1.86 bits per heavy atom. The number of nitrogens with one attached hydrogen (secondary N) is 1. The molecule has 0 bridgehead atoms. The fraction of sp³-hybridized carbons (Fsp3) is 0.667. The second-order valence-electron chi connectivity index (χ2n) is 8.06. The maximum absolute atomic E-state index is 12.5. The molecule has 7 nitrogen and oxygen atoms in total. The van der Waals surface area contributed by atoms with E-state index in [0.29, 0.717) is 19.8 Å². The Bertz CT molecular complexity index is 708. The third-order valence-electron chi connectivity index (χ3n) is 6.35. The number of morpholine rings is 1. The molecule has 3 heterocycles. The van der Waals surface area contributed by atoms with Crippen LogP contribution in [0.5, 0.6) is 0 Å². The Labute approximate surface area is 175 Å². The Morgan fingerprint density at radius 1 is 1.17 bits per heavy atom. The summed E-state index contributed by atoms with van der Waals surface area (Å²) >= 11 is 1.69. The molecule has 0 radical (unpaired) electrons. The van der Waals surface area contributed by atoms with E-state index >= 15 is 0 Å². The molecule has 1 aromatic heterocycles. The molecular weight excluding hydrogens is 390 g/mol. The first-order chi connectivity index (χ1) is 14.1. The van der Waals surface area contributed by atoms with Crippen molar-refractivity contribution < 1.29 is 19.1 Å². The molecule has 0 aromatic carbocycles. The van der Waals surface area contributed by atoms with Gasteiger partial charge in [0.2, 0.25) is 17.7 Å². The van der Waals surface area contributed by atoms with Gasteiger partial charge in [0.1, 0.15) is 0 Å². The van der Waals surface area contributed by atoms with E-state index in [1.165, 1.54) is 9.78 Å². The van der Waals surface area contributed by atoms with Crippen LogP contribution < -0.4 is 5.32 Å². The van der Waals surface area contributed by atoms with Gasteiger partial charge in [-0.2, -0.15) is 0 Å². The van der Waals surface area contributed by atoms with Crippen LogP contribution in [0.25, 0.3) is 0 Å². The fourth-order valence-corrected chi connectivity index (χ4v) is 5.60. The van der Waals surface area contributed by atoms with E-state index in [4.69, 9.17) is 4.74 Å². The molecular formula is C21H29N3O4S. The van der Waals surface area contributed by atoms with Crippen molar-refractivity contribution in [1.29, 1.82) is 0 Å². The van der Waals surface area contributed by atoms with E-state index < -0.39 is 0 Å². The lowest BCUT2D eigenvalue weighted by molar-refractivity contribution is -0.140. The normalized spacial score (nSPS) is 26.4. The number of hydrogen-bond donors (Lipinski definition) is 1. The first-order valence-corrected chi connectivity index (χ1v) is 11.5. The maximum atomic E-state index is 12.5. The zero-order valence-electron chi connectivity index (χ0n) is 16.7. The lowest BCUT2D eigenvalue weighted by atomic mass is 9.81. The molecule has 8 heteroatoms. The van der Waals surface area contributed by atoms with Crippen LogP contribution in [0.15, 0.2) is 17.5 Å². The van der Waals surface area contributed by atoms with Gasteiger partial charge in [0.25, 0.3) is 0 Å². The quantitative estimate of drug-likeness (QED) is 0.682. The molecule has 2 saturated heterocycles. The number of carbonyl (C=O) groups is 3. The zero-order valence-corrected chi connectivity index (χ0v) is 17.5. The number of rotatable bonds is 7. The minimum atomic E-state index is -0.149. The van der Waals surface area contributed by atoms with E-state index in [0.717, 1.165) is 38.8 Å². The number of hydrogen-bond acceptors (Lipinski definition) is 6. The van der Waals surface area contributed by atoms with Gasteiger partial charge in [0.15, 0.2) is 0 Å². The molecule has 1 aliphatic carbocycles. The van der Waals surface area contributed by atoms with Crippen molar-refractivity contribution in [3.63, 3.8) is 0 Å². The van der Waals surface area contributed by atoms with Crippen LogP contribution in [-0.2, 0) is 19.1 Å². The summed E-state index contributed by atoms with van der Waals surface area (Å²) in [7, 11) is 0. The topological polar surface area (TPSA) is 79.0 Å². The maximum Gasteiger partial charge on any atom is 0.233 e. The smallest absolute Gasteiger partial charge is 0.233 e. The first kappa shape index (κ1) is 20.5. The summed E-state index contributed by atoms with van der Waals surface area (Å²) in [6, 6.07) is 4.25. The van der Waals surface area contributed by atoms with Crippen molar-refractivity contribution >= 4 is 29.1 Å². The highest BCUT2D eigenvalue weighted by molar-refractivity contribution is 7.10. The van der Waals surface area contributed by atoms with Gasteiger partial charge >= 0.3 is 0 Å². The second-order valence-corrected chi connectivity index (χ2v) is 9.04. The lowest BCUT2D eigenvalue weighted by Gasteiger charge is -2.34. The molecule has 2 aliphatic heterocycles. The zero-order chi connectivity index (χ0) is 20.2. The van der Waals surface area contributed by atoms with E-state index in [2.05, 4.69) is 21.7 Å². The fourth-order valence-electron chi connectivity index (χ4n) is 4.74. The number of ether oxygens (including phenoxy) is 1. The van der Waals surface area contributed by atoms with Crippen LogP contribution in [-0.4, -0.2) is 66.9 Å². The summed E-state index contributed by atoms with van der Waals surface area (Å²) in [4.78, 5) is 42.5. The lowest BCUT2D eigenvalue weighted by Crippen LogP contribution is -2.44. The molecule has 0 spiro atoms. The number of thiophene rings is 1. The van der Waals surface area contributed by atoms with Crippen molar-refractivity contribution in [2.45, 2.75) is 38.1 Å². The van der Waals surface area contributed by atoms with Gasteiger partial charge in [-0.3, -0.25) is 24.2 Å². The van der Waals surface area contributed by atoms with E-state index in [1.807, 2.05) is 6.07 Å². The molecule has 3 amide bonds. The van der Waals surface area contributed by atoms with Gasteiger partial charge in [-0.1, -0.05) is 18.9 Å². The van der Waals surface area contributed by atoms with E-state index in [1.54, 1.807) is 11.3 Å². The predicted octanol–water partition coefficient (Wildman–Crippen LogP) is 1.80. The van der Waals surface area contributed by atoms with Crippen molar-refractivity contribution in [3.05, 3.63) is 22.4 Å². The summed E-state index contributed by atoms with van der Waals surface area (Å²) in [6.45, 7) is 3.81. The summed E-state index contributed by atoms with van der Waals surface area (Å²) in [5.41, 5.74) is 0. The number of amides is 3. The predicted molar refractivity (Wildman–Crippen MR) is 109 cm³/mol. The molecule has 4 rings (SSSR count). The summed E-state index contributed by atoms with van der Waals surface area (Å²) in [5.74, 6) is -0.558. The third-order valence-corrected chi connectivity index (χ3v) is 7.32. The van der Waals surface area contributed by atoms with Crippen LogP contribution in [0.4, 0.5) is 0 Å². The molecule has 1 saturated carbocycles. The van der Waals surface area contributed by atoms with E-state index in [-0.39, 0.29) is 48.6 Å². The van der Waals surface area contributed by atoms with E-state index in [9.17, 15) is 14.4 Å². The summed E-state index contributed by atoms with van der Waals surface area (Å²) in [5, 5.41) is 5.07. The Morgan fingerprint density at radius 3 is 2.48 bits per heavy atom. The van der Waals surface area contributed by atoms with Gasteiger partial charge in [0.05, 0.1) is 31.1 Å². The van der Waals surface area contributed by atoms with Crippen molar-refractivity contribution in [2.24, 2.45) is 11.8 Å². The summed E-state index contributed by atoms with van der Waals surface area (Å²) in [6.07, 6.45) is 3.80. The molecule has 0 unspecified atom stereocenters. The van der Waals surface area contributed by atoms with Crippen LogP contribution in [0.3, 0.4) is 0 Å². The Balaban J connectivity index is 1.29. The number of likely N-dealkylation sites (tertiary alicyclic amines) is 1. The average Bonchev–Trinajstić information content (AvgIpc) is 3.36. The molecule has 1 N–H and O–H groups in total. The number of nitrogens with zero attached hydrogens (tertiary/aromatic N) is 2. The van der Waals surface area contributed by atoms with Crippen molar-refractivity contribution in [2.75, 3.05) is 39.4 Å². The molecule has 3 atom stereocenters. The van der Waals surface area contributed by atoms with Crippen LogP contribution in [0.2, 0.25) is 0 Å². The van der Waals surface area contributed by atoms with Crippen molar-refractivity contribution in [1.82, 2.24) is 15.1 Å². The third kappa shape index (κ3) is 4.54. The minimum absolute atomic E-state index is 0.0720. The second kappa shape index (κ2) is 9.36. The molecule has 29 heavy (non-hydrogen) atoms. The first-order valence-electron chi connectivity index (χ1n) is 10.6. The van der Waals surface area contributed by atoms with Gasteiger partial charge in [0, 0.05) is 37.5 Å². The van der Waals surface area contributed by atoms with Gasteiger partial charge in [-0.15, -0.1) is 11.3 Å². The van der Waals surface area contributed by atoms with Gasteiger partial charge in [-0.25, -0.2) is 0 Å². The number of imide groups is 1.